The van der Waals surface area contributed by atoms with Crippen LogP contribution in [-0.2, 0) is 20.9 Å². The van der Waals surface area contributed by atoms with Gasteiger partial charge in [0.1, 0.15) is 12.2 Å². The number of imidazole rings is 1. The van der Waals surface area contributed by atoms with Gasteiger partial charge in [0.15, 0.2) is 29.0 Å². The molecule has 0 aromatic carbocycles. The van der Waals surface area contributed by atoms with Gasteiger partial charge in [-0.3, -0.25) is 24.2 Å². The number of pyridine rings is 2. The van der Waals surface area contributed by atoms with Gasteiger partial charge in [-0.1, -0.05) is 6.07 Å². The number of hydrogen-bond acceptors (Lipinski definition) is 10. The molecule has 12 heteroatoms. The van der Waals surface area contributed by atoms with E-state index in [0.717, 1.165) is 16.8 Å². The summed E-state index contributed by atoms with van der Waals surface area (Å²) in [6.45, 7) is 2.36. The molecule has 180 valence electrons. The summed E-state index contributed by atoms with van der Waals surface area (Å²) in [7, 11) is 1.34. The van der Waals surface area contributed by atoms with E-state index in [1.807, 2.05) is 31.2 Å². The molecule has 4 aromatic rings. The molecule has 1 aliphatic rings. The van der Waals surface area contributed by atoms with Crippen molar-refractivity contribution in [2.24, 2.45) is 0 Å². The standard InChI is InChI=1S/C23H24N8O4/c1-13-7-14(10-24-9-13)19-28-20(26-11-15-5-3-4-6-25-15)18-21(29-19)31(12-27-18)23-16(32)8-17(35-23)22(33)30-34-2/h3-7,9-10,12,16-17,23,32H,8,11H2,1-2H3,(H,30,33)(H,26,28,29)/t16-,17+,23-/m1/s1. The molecule has 5 rings (SSSR count). The van der Waals surface area contributed by atoms with Crippen LogP contribution in [0.3, 0.4) is 0 Å². The molecule has 0 aliphatic carbocycles. The number of nitrogens with one attached hydrogen (secondary N) is 2. The molecule has 0 spiro atoms. The Morgan fingerprint density at radius 3 is 2.94 bits per heavy atom. The van der Waals surface area contributed by atoms with Gasteiger partial charge in [-0.2, -0.15) is 0 Å². The minimum atomic E-state index is -0.955. The van der Waals surface area contributed by atoms with Gasteiger partial charge in [-0.15, -0.1) is 0 Å². The van der Waals surface area contributed by atoms with Crippen LogP contribution in [-0.4, -0.2) is 59.8 Å². The van der Waals surface area contributed by atoms with Crippen LogP contribution < -0.4 is 10.8 Å². The molecule has 4 aromatic heterocycles. The monoisotopic (exact) mass is 476 g/mol. The van der Waals surface area contributed by atoms with Gasteiger partial charge >= 0.3 is 0 Å². The van der Waals surface area contributed by atoms with Crippen LogP contribution in [0.25, 0.3) is 22.6 Å². The van der Waals surface area contributed by atoms with Gasteiger partial charge < -0.3 is 15.2 Å². The Hall–Kier alpha value is -4.00. The van der Waals surface area contributed by atoms with Gasteiger partial charge in [0, 0.05) is 30.6 Å². The number of aliphatic hydroxyl groups is 1. The van der Waals surface area contributed by atoms with Gasteiger partial charge in [-0.25, -0.2) is 20.4 Å². The minimum Gasteiger partial charge on any atom is -0.388 e. The van der Waals surface area contributed by atoms with Crippen molar-refractivity contribution >= 4 is 22.9 Å². The highest BCUT2D eigenvalue weighted by Gasteiger charge is 2.40. The molecule has 12 nitrogen and oxygen atoms in total. The van der Waals surface area contributed by atoms with Crippen LogP contribution in [0.5, 0.6) is 0 Å². The lowest BCUT2D eigenvalue weighted by atomic mass is 10.2. The predicted octanol–water partition coefficient (Wildman–Crippen LogP) is 1.53. The first kappa shape index (κ1) is 22.8. The fraction of sp³-hybridized carbons (Fsp3) is 0.304. The molecule has 3 atom stereocenters. The molecule has 0 bridgehead atoms. The summed E-state index contributed by atoms with van der Waals surface area (Å²) < 4.78 is 7.46. The van der Waals surface area contributed by atoms with E-state index >= 15 is 0 Å². The van der Waals surface area contributed by atoms with Crippen LogP contribution in [0.4, 0.5) is 5.82 Å². The Balaban J connectivity index is 1.55. The van der Waals surface area contributed by atoms with Crippen molar-refractivity contribution in [3.05, 3.63) is 60.4 Å². The fourth-order valence-electron chi connectivity index (χ4n) is 3.95. The van der Waals surface area contributed by atoms with Crippen LogP contribution in [0, 0.1) is 6.92 Å². The molecule has 1 aliphatic heterocycles. The first-order valence-corrected chi connectivity index (χ1v) is 11.0. The highest BCUT2D eigenvalue weighted by Crippen LogP contribution is 2.33. The molecule has 0 radical (unpaired) electrons. The Morgan fingerprint density at radius 2 is 2.17 bits per heavy atom. The van der Waals surface area contributed by atoms with E-state index in [2.05, 4.69) is 30.6 Å². The number of carbonyl (C=O) groups excluding carboxylic acids is 1. The number of aromatic nitrogens is 6. The number of hydroxylamine groups is 1. The summed E-state index contributed by atoms with van der Waals surface area (Å²) in [4.78, 5) is 39.4. The van der Waals surface area contributed by atoms with E-state index < -0.39 is 24.3 Å². The van der Waals surface area contributed by atoms with Crippen molar-refractivity contribution < 1.29 is 19.5 Å². The summed E-state index contributed by atoms with van der Waals surface area (Å²) in [6, 6.07) is 7.60. The molecule has 5 heterocycles. The van der Waals surface area contributed by atoms with E-state index in [9.17, 15) is 9.90 Å². The molecular formula is C23H24N8O4. The van der Waals surface area contributed by atoms with Gasteiger partial charge in [0.05, 0.1) is 25.7 Å². The van der Waals surface area contributed by atoms with Gasteiger partial charge in [0.2, 0.25) is 0 Å². The average molecular weight is 476 g/mol. The molecule has 1 amide bonds. The number of carbonyl (C=O) groups is 1. The van der Waals surface area contributed by atoms with Crippen molar-refractivity contribution in [2.75, 3.05) is 12.4 Å². The summed E-state index contributed by atoms with van der Waals surface area (Å²) >= 11 is 0. The van der Waals surface area contributed by atoms with Crippen molar-refractivity contribution in [3.8, 4) is 11.4 Å². The average Bonchev–Trinajstić information content (AvgIpc) is 3.46. The number of anilines is 1. The minimum absolute atomic E-state index is 0.101. The normalized spacial score (nSPS) is 19.7. The summed E-state index contributed by atoms with van der Waals surface area (Å²) in [5.74, 6) is 0.453. The topological polar surface area (TPSA) is 149 Å². The molecule has 0 saturated carbocycles. The zero-order valence-electron chi connectivity index (χ0n) is 19.1. The molecule has 1 fully saturated rings. The van der Waals surface area contributed by atoms with Crippen molar-refractivity contribution in [3.63, 3.8) is 0 Å². The van der Waals surface area contributed by atoms with Crippen LogP contribution >= 0.6 is 0 Å². The Morgan fingerprint density at radius 1 is 1.29 bits per heavy atom. The lowest BCUT2D eigenvalue weighted by Crippen LogP contribution is -2.33. The zero-order valence-corrected chi connectivity index (χ0v) is 19.1. The smallest absolute Gasteiger partial charge is 0.272 e. The van der Waals surface area contributed by atoms with Crippen LogP contribution in [0.15, 0.2) is 49.2 Å². The van der Waals surface area contributed by atoms with Gasteiger partial charge in [0.25, 0.3) is 5.91 Å². The second kappa shape index (κ2) is 9.70. The first-order chi connectivity index (χ1) is 17.0. The lowest BCUT2D eigenvalue weighted by molar-refractivity contribution is -0.145. The number of amides is 1. The van der Waals surface area contributed by atoms with Gasteiger partial charge in [-0.05, 0) is 30.7 Å². The number of nitrogens with zero attached hydrogens (tertiary/aromatic N) is 6. The Bertz CT molecular complexity index is 1350. The number of aryl methyl sites for hydroxylation is 1. The quantitative estimate of drug-likeness (QED) is 0.335. The maximum atomic E-state index is 12.2. The summed E-state index contributed by atoms with van der Waals surface area (Å²) in [6.07, 6.45) is 4.08. The van der Waals surface area contributed by atoms with E-state index in [-0.39, 0.29) is 6.42 Å². The first-order valence-electron chi connectivity index (χ1n) is 11.0. The molecule has 1 saturated heterocycles. The number of ether oxygens (including phenoxy) is 1. The third-order valence-corrected chi connectivity index (χ3v) is 5.58. The predicted molar refractivity (Wildman–Crippen MR) is 125 cm³/mol. The third kappa shape index (κ3) is 4.67. The second-order valence-electron chi connectivity index (χ2n) is 8.13. The SMILES string of the molecule is CONC(=O)[C@@H]1C[C@@H](O)[C@H](n2cnc3c(NCc4ccccn4)nc(-c4cncc(C)c4)nc32)O1. The summed E-state index contributed by atoms with van der Waals surface area (Å²) in [5, 5.41) is 14.0. The van der Waals surface area contributed by atoms with Crippen LogP contribution in [0.1, 0.15) is 23.9 Å². The van der Waals surface area contributed by atoms with E-state index in [4.69, 9.17) is 14.7 Å². The van der Waals surface area contributed by atoms with E-state index in [1.165, 1.54) is 13.4 Å². The maximum Gasteiger partial charge on any atom is 0.272 e. The molecule has 0 unspecified atom stereocenters. The highest BCUT2D eigenvalue weighted by atomic mass is 16.6. The van der Waals surface area contributed by atoms with Crippen molar-refractivity contribution in [2.45, 2.75) is 38.3 Å². The maximum absolute atomic E-state index is 12.2. The molecular weight excluding hydrogens is 452 g/mol. The Labute approximate surface area is 200 Å². The number of aliphatic hydroxyl groups excluding tert-OH is 1. The zero-order chi connectivity index (χ0) is 24.4. The van der Waals surface area contributed by atoms with Crippen LogP contribution in [0.2, 0.25) is 0 Å². The van der Waals surface area contributed by atoms with Crippen molar-refractivity contribution in [1.29, 1.82) is 0 Å². The summed E-state index contributed by atoms with van der Waals surface area (Å²) in [5.41, 5.74) is 5.70. The lowest BCUT2D eigenvalue weighted by Gasteiger charge is -2.17. The Kier molecular flexibility index (Phi) is 6.31. The number of fused-ring (bicyclic) bond motifs is 1. The van der Waals surface area contributed by atoms with Crippen molar-refractivity contribution in [1.82, 2.24) is 35.0 Å². The van der Waals surface area contributed by atoms with E-state index in [0.29, 0.717) is 29.4 Å². The third-order valence-electron chi connectivity index (χ3n) is 5.58. The number of hydrogen-bond donors (Lipinski definition) is 3. The number of rotatable bonds is 7. The van der Waals surface area contributed by atoms with E-state index in [1.54, 1.807) is 23.2 Å². The highest BCUT2D eigenvalue weighted by molar-refractivity contribution is 5.85. The second-order valence-corrected chi connectivity index (χ2v) is 8.13. The molecule has 35 heavy (non-hydrogen) atoms. The largest absolute Gasteiger partial charge is 0.388 e. The molecule has 3 N–H and O–H groups in total. The fourth-order valence-corrected chi connectivity index (χ4v) is 3.95.